The summed E-state index contributed by atoms with van der Waals surface area (Å²) in [4.78, 5) is 4.08. The molecule has 4 heteroatoms. The van der Waals surface area contributed by atoms with Gasteiger partial charge < -0.3 is 11.1 Å². The highest BCUT2D eigenvalue weighted by Gasteiger charge is 2.08. The average molecular weight is 238 g/mol. The number of nitriles is 1. The number of rotatable bonds is 3. The van der Waals surface area contributed by atoms with Crippen molar-refractivity contribution in [3.05, 3.63) is 53.9 Å². The number of pyridine rings is 1. The summed E-state index contributed by atoms with van der Waals surface area (Å²) >= 11 is 0. The Hall–Kier alpha value is -2.54. The van der Waals surface area contributed by atoms with Gasteiger partial charge >= 0.3 is 0 Å². The van der Waals surface area contributed by atoms with E-state index < -0.39 is 0 Å². The summed E-state index contributed by atoms with van der Waals surface area (Å²) in [6.07, 6.45) is 3.54. The van der Waals surface area contributed by atoms with Gasteiger partial charge in [-0.15, -0.1) is 0 Å². The molecule has 0 bridgehead atoms. The molecule has 0 saturated carbocycles. The third-order valence-corrected chi connectivity index (χ3v) is 2.72. The standard InChI is InChI=1S/C14H14N4/c1-10(11-3-2-6-17-9-11)18-14-5-4-13(16)7-12(14)8-15/h2-7,9-10,18H,16H2,1H3. The molecule has 3 N–H and O–H groups in total. The van der Waals surface area contributed by atoms with Crippen molar-refractivity contribution in [2.45, 2.75) is 13.0 Å². The minimum Gasteiger partial charge on any atom is -0.399 e. The van der Waals surface area contributed by atoms with Crippen molar-refractivity contribution in [1.29, 1.82) is 5.26 Å². The number of benzene rings is 1. The first-order valence-corrected chi connectivity index (χ1v) is 5.67. The molecule has 1 atom stereocenters. The highest BCUT2D eigenvalue weighted by Crippen LogP contribution is 2.23. The lowest BCUT2D eigenvalue weighted by atomic mass is 10.1. The fourth-order valence-electron chi connectivity index (χ4n) is 1.73. The summed E-state index contributed by atoms with van der Waals surface area (Å²) in [5.41, 5.74) is 8.64. The van der Waals surface area contributed by atoms with E-state index in [0.717, 1.165) is 11.3 Å². The largest absolute Gasteiger partial charge is 0.399 e. The highest BCUT2D eigenvalue weighted by atomic mass is 14.9. The van der Waals surface area contributed by atoms with E-state index in [4.69, 9.17) is 11.0 Å². The van der Waals surface area contributed by atoms with Gasteiger partial charge in [-0.05, 0) is 36.8 Å². The molecule has 0 fully saturated rings. The summed E-state index contributed by atoms with van der Waals surface area (Å²) in [7, 11) is 0. The van der Waals surface area contributed by atoms with Crippen molar-refractivity contribution in [1.82, 2.24) is 4.98 Å². The van der Waals surface area contributed by atoms with Crippen LogP contribution in [0.15, 0.2) is 42.7 Å². The van der Waals surface area contributed by atoms with Crippen LogP contribution in [0.4, 0.5) is 11.4 Å². The van der Waals surface area contributed by atoms with Gasteiger partial charge in [-0.3, -0.25) is 4.98 Å². The van der Waals surface area contributed by atoms with E-state index >= 15 is 0 Å². The maximum atomic E-state index is 9.07. The zero-order chi connectivity index (χ0) is 13.0. The third kappa shape index (κ3) is 2.58. The molecule has 0 amide bonds. The fourth-order valence-corrected chi connectivity index (χ4v) is 1.73. The van der Waals surface area contributed by atoms with Crippen molar-refractivity contribution >= 4 is 11.4 Å². The van der Waals surface area contributed by atoms with Gasteiger partial charge in [0.05, 0.1) is 17.3 Å². The Morgan fingerprint density at radius 3 is 2.89 bits per heavy atom. The Balaban J connectivity index is 2.22. The smallest absolute Gasteiger partial charge is 0.101 e. The molecule has 0 aliphatic carbocycles. The molecule has 1 unspecified atom stereocenters. The van der Waals surface area contributed by atoms with Crippen molar-refractivity contribution < 1.29 is 0 Å². The number of nitrogen functional groups attached to an aromatic ring is 1. The number of hydrogen-bond acceptors (Lipinski definition) is 4. The average Bonchev–Trinajstić information content (AvgIpc) is 2.41. The molecule has 90 valence electrons. The molecule has 0 saturated heterocycles. The Kier molecular flexibility index (Phi) is 3.44. The lowest BCUT2D eigenvalue weighted by Crippen LogP contribution is -2.08. The SMILES string of the molecule is CC(Nc1ccc(N)cc1C#N)c1cccnc1. The molecule has 1 aromatic heterocycles. The first kappa shape index (κ1) is 11.9. The Labute approximate surface area is 106 Å². The lowest BCUT2D eigenvalue weighted by Gasteiger charge is -2.16. The van der Waals surface area contributed by atoms with Crippen molar-refractivity contribution in [3.63, 3.8) is 0 Å². The maximum absolute atomic E-state index is 9.07. The van der Waals surface area contributed by atoms with Crippen LogP contribution in [0.3, 0.4) is 0 Å². The minimum atomic E-state index is 0.0782. The van der Waals surface area contributed by atoms with Crippen molar-refractivity contribution in [2.24, 2.45) is 0 Å². The quantitative estimate of drug-likeness (QED) is 0.806. The number of aromatic nitrogens is 1. The summed E-state index contributed by atoms with van der Waals surface area (Å²) in [5.74, 6) is 0. The Morgan fingerprint density at radius 2 is 2.22 bits per heavy atom. The van der Waals surface area contributed by atoms with Crippen LogP contribution >= 0.6 is 0 Å². The molecule has 18 heavy (non-hydrogen) atoms. The molecule has 0 spiro atoms. The van der Waals surface area contributed by atoms with Crippen LogP contribution in [0.2, 0.25) is 0 Å². The number of nitrogens with zero attached hydrogens (tertiary/aromatic N) is 2. The van der Waals surface area contributed by atoms with E-state index in [0.29, 0.717) is 11.3 Å². The minimum absolute atomic E-state index is 0.0782. The van der Waals surface area contributed by atoms with E-state index in [-0.39, 0.29) is 6.04 Å². The molecule has 0 radical (unpaired) electrons. The zero-order valence-corrected chi connectivity index (χ0v) is 10.1. The first-order chi connectivity index (χ1) is 8.70. The van der Waals surface area contributed by atoms with Crippen LogP contribution in [0, 0.1) is 11.3 Å². The lowest BCUT2D eigenvalue weighted by molar-refractivity contribution is 0.875. The zero-order valence-electron chi connectivity index (χ0n) is 10.1. The second kappa shape index (κ2) is 5.19. The van der Waals surface area contributed by atoms with Crippen LogP contribution < -0.4 is 11.1 Å². The van der Waals surface area contributed by atoms with Crippen LogP contribution in [0.5, 0.6) is 0 Å². The van der Waals surface area contributed by atoms with Gasteiger partial charge in [0.2, 0.25) is 0 Å². The van der Waals surface area contributed by atoms with Crippen LogP contribution in [-0.4, -0.2) is 4.98 Å². The topological polar surface area (TPSA) is 74.7 Å². The molecule has 2 rings (SSSR count). The van der Waals surface area contributed by atoms with E-state index in [1.807, 2.05) is 25.1 Å². The predicted molar refractivity (Wildman–Crippen MR) is 71.8 cm³/mol. The molecule has 0 aliphatic rings. The second-order valence-electron chi connectivity index (χ2n) is 4.07. The number of anilines is 2. The van der Waals surface area contributed by atoms with Gasteiger partial charge in [0.25, 0.3) is 0 Å². The van der Waals surface area contributed by atoms with Gasteiger partial charge in [-0.25, -0.2) is 0 Å². The third-order valence-electron chi connectivity index (χ3n) is 2.72. The molecule has 2 aromatic rings. The van der Waals surface area contributed by atoms with E-state index in [9.17, 15) is 0 Å². The summed E-state index contributed by atoms with van der Waals surface area (Å²) in [6, 6.07) is 11.4. The summed E-state index contributed by atoms with van der Waals surface area (Å²) < 4.78 is 0. The monoisotopic (exact) mass is 238 g/mol. The van der Waals surface area contributed by atoms with E-state index in [1.54, 1.807) is 24.5 Å². The molecular formula is C14H14N4. The number of hydrogen-bond donors (Lipinski definition) is 2. The highest BCUT2D eigenvalue weighted by molar-refractivity contribution is 5.63. The molecule has 1 aromatic carbocycles. The molecule has 0 aliphatic heterocycles. The number of nitrogens with one attached hydrogen (secondary N) is 1. The van der Waals surface area contributed by atoms with Crippen LogP contribution in [0.25, 0.3) is 0 Å². The van der Waals surface area contributed by atoms with Crippen molar-refractivity contribution in [2.75, 3.05) is 11.1 Å². The normalized spacial score (nSPS) is 11.6. The Bertz CT molecular complexity index is 572. The first-order valence-electron chi connectivity index (χ1n) is 5.67. The Morgan fingerprint density at radius 1 is 1.39 bits per heavy atom. The second-order valence-corrected chi connectivity index (χ2v) is 4.07. The number of nitrogens with two attached hydrogens (primary N) is 1. The van der Waals surface area contributed by atoms with E-state index in [1.165, 1.54) is 0 Å². The van der Waals surface area contributed by atoms with Gasteiger partial charge in [0, 0.05) is 18.1 Å². The van der Waals surface area contributed by atoms with Crippen molar-refractivity contribution in [3.8, 4) is 6.07 Å². The summed E-state index contributed by atoms with van der Waals surface area (Å²) in [6.45, 7) is 2.02. The summed E-state index contributed by atoms with van der Waals surface area (Å²) in [5, 5.41) is 12.4. The van der Waals surface area contributed by atoms with Gasteiger partial charge in [0.15, 0.2) is 0 Å². The van der Waals surface area contributed by atoms with Crippen LogP contribution in [0.1, 0.15) is 24.1 Å². The molecule has 4 nitrogen and oxygen atoms in total. The maximum Gasteiger partial charge on any atom is 0.101 e. The van der Waals surface area contributed by atoms with Crippen LogP contribution in [-0.2, 0) is 0 Å². The van der Waals surface area contributed by atoms with Gasteiger partial charge in [0.1, 0.15) is 6.07 Å². The molecular weight excluding hydrogens is 224 g/mol. The fraction of sp³-hybridized carbons (Fsp3) is 0.143. The van der Waals surface area contributed by atoms with Gasteiger partial charge in [-0.2, -0.15) is 5.26 Å². The predicted octanol–water partition coefficient (Wildman–Crippen LogP) is 2.71. The van der Waals surface area contributed by atoms with E-state index in [2.05, 4.69) is 16.4 Å². The van der Waals surface area contributed by atoms with Gasteiger partial charge in [-0.1, -0.05) is 6.07 Å². The molecule has 1 heterocycles.